The van der Waals surface area contributed by atoms with Gasteiger partial charge >= 0.3 is 0 Å². The van der Waals surface area contributed by atoms with Crippen LogP contribution in [0.25, 0.3) is 10.9 Å². The van der Waals surface area contributed by atoms with Crippen molar-refractivity contribution in [3.63, 3.8) is 0 Å². The molecule has 1 heterocycles. The second kappa shape index (κ2) is 4.87. The standard InChI is InChI=1S/C15H7F3N2O/c16-11-2-1-10(5-9(11)7-19)21-12-6-8-3-4-20-15(8)14(18)13(12)17/h1-6,20H. The van der Waals surface area contributed by atoms with E-state index in [0.29, 0.717) is 5.39 Å². The number of rotatable bonds is 2. The van der Waals surface area contributed by atoms with Crippen LogP contribution in [0, 0.1) is 28.8 Å². The second-order valence-electron chi connectivity index (χ2n) is 4.30. The molecule has 1 aromatic heterocycles. The number of nitrogens with zero attached hydrogens (tertiary/aromatic N) is 1. The van der Waals surface area contributed by atoms with Crippen LogP contribution < -0.4 is 4.74 Å². The molecule has 0 saturated carbocycles. The number of fused-ring (bicyclic) bond motifs is 1. The smallest absolute Gasteiger partial charge is 0.203 e. The molecule has 0 aliphatic heterocycles. The van der Waals surface area contributed by atoms with Crippen molar-refractivity contribution in [2.75, 3.05) is 0 Å². The molecule has 0 amide bonds. The molecule has 3 rings (SSSR count). The van der Waals surface area contributed by atoms with E-state index >= 15 is 0 Å². The van der Waals surface area contributed by atoms with Gasteiger partial charge in [-0.3, -0.25) is 0 Å². The summed E-state index contributed by atoms with van der Waals surface area (Å²) in [7, 11) is 0. The number of nitrogens with one attached hydrogen (secondary N) is 1. The molecule has 0 fully saturated rings. The highest BCUT2D eigenvalue weighted by Crippen LogP contribution is 2.31. The minimum Gasteiger partial charge on any atom is -0.454 e. The summed E-state index contributed by atoms with van der Waals surface area (Å²) in [5, 5.41) is 9.17. The van der Waals surface area contributed by atoms with E-state index in [-0.39, 0.29) is 22.6 Å². The van der Waals surface area contributed by atoms with E-state index in [1.165, 1.54) is 18.3 Å². The van der Waals surface area contributed by atoms with Crippen molar-refractivity contribution in [1.82, 2.24) is 4.98 Å². The Morgan fingerprint density at radius 2 is 1.86 bits per heavy atom. The lowest BCUT2D eigenvalue weighted by atomic mass is 10.2. The van der Waals surface area contributed by atoms with E-state index in [1.54, 1.807) is 12.1 Å². The predicted octanol–water partition coefficient (Wildman–Crippen LogP) is 4.25. The summed E-state index contributed by atoms with van der Waals surface area (Å²) in [6.45, 7) is 0. The molecular weight excluding hydrogens is 281 g/mol. The molecule has 0 spiro atoms. The second-order valence-corrected chi connectivity index (χ2v) is 4.30. The van der Waals surface area contributed by atoms with Gasteiger partial charge in [-0.15, -0.1) is 0 Å². The predicted molar refractivity (Wildman–Crippen MR) is 69.4 cm³/mol. The Labute approximate surface area is 117 Å². The van der Waals surface area contributed by atoms with Gasteiger partial charge in [0.25, 0.3) is 0 Å². The quantitative estimate of drug-likeness (QED) is 0.766. The van der Waals surface area contributed by atoms with Crippen LogP contribution in [0.4, 0.5) is 13.2 Å². The number of halogens is 3. The van der Waals surface area contributed by atoms with E-state index in [9.17, 15) is 13.2 Å². The van der Waals surface area contributed by atoms with Crippen LogP contribution >= 0.6 is 0 Å². The summed E-state index contributed by atoms with van der Waals surface area (Å²) in [5.41, 5.74) is -0.201. The Morgan fingerprint density at radius 1 is 1.05 bits per heavy atom. The van der Waals surface area contributed by atoms with Crippen LogP contribution in [0.3, 0.4) is 0 Å². The van der Waals surface area contributed by atoms with Crippen LogP contribution in [0.5, 0.6) is 11.5 Å². The minimum atomic E-state index is -1.16. The van der Waals surface area contributed by atoms with Crippen molar-refractivity contribution in [3.8, 4) is 17.6 Å². The molecule has 0 aliphatic rings. The normalized spacial score (nSPS) is 10.6. The van der Waals surface area contributed by atoms with Crippen LogP contribution in [-0.4, -0.2) is 4.98 Å². The lowest BCUT2D eigenvalue weighted by molar-refractivity contribution is 0.418. The number of hydrogen-bond donors (Lipinski definition) is 1. The highest BCUT2D eigenvalue weighted by molar-refractivity contribution is 5.81. The average molecular weight is 288 g/mol. The van der Waals surface area contributed by atoms with Crippen molar-refractivity contribution >= 4 is 10.9 Å². The summed E-state index contributed by atoms with van der Waals surface area (Å²) in [6.07, 6.45) is 1.47. The van der Waals surface area contributed by atoms with Crippen LogP contribution in [-0.2, 0) is 0 Å². The van der Waals surface area contributed by atoms with E-state index in [2.05, 4.69) is 4.98 Å². The molecule has 0 unspecified atom stereocenters. The first kappa shape index (κ1) is 13.1. The fourth-order valence-electron chi connectivity index (χ4n) is 1.97. The molecule has 21 heavy (non-hydrogen) atoms. The van der Waals surface area contributed by atoms with Crippen LogP contribution in [0.15, 0.2) is 36.5 Å². The molecule has 3 aromatic rings. The maximum atomic E-state index is 13.9. The molecule has 0 saturated heterocycles. The minimum absolute atomic E-state index is 0.0386. The third kappa shape index (κ3) is 2.19. The van der Waals surface area contributed by atoms with Crippen LogP contribution in [0.2, 0.25) is 0 Å². The maximum absolute atomic E-state index is 13.9. The summed E-state index contributed by atoms with van der Waals surface area (Å²) in [5.74, 6) is -3.23. The van der Waals surface area contributed by atoms with Gasteiger partial charge < -0.3 is 9.72 Å². The van der Waals surface area contributed by atoms with Gasteiger partial charge in [0.1, 0.15) is 17.6 Å². The number of benzene rings is 2. The summed E-state index contributed by atoms with van der Waals surface area (Å²) >= 11 is 0. The zero-order valence-corrected chi connectivity index (χ0v) is 10.5. The van der Waals surface area contributed by atoms with Crippen LogP contribution in [0.1, 0.15) is 5.56 Å². The monoisotopic (exact) mass is 288 g/mol. The fourth-order valence-corrected chi connectivity index (χ4v) is 1.97. The number of aromatic nitrogens is 1. The SMILES string of the molecule is N#Cc1cc(Oc2cc3cc[nH]c3c(F)c2F)ccc1F. The van der Waals surface area contributed by atoms with Gasteiger partial charge in [-0.05, 0) is 24.3 Å². The third-order valence-corrected chi connectivity index (χ3v) is 2.98. The molecule has 0 aliphatic carbocycles. The summed E-state index contributed by atoms with van der Waals surface area (Å²) in [4.78, 5) is 2.58. The zero-order valence-electron chi connectivity index (χ0n) is 10.5. The van der Waals surface area contributed by atoms with Crippen molar-refractivity contribution in [2.24, 2.45) is 0 Å². The van der Waals surface area contributed by atoms with Crippen molar-refractivity contribution in [2.45, 2.75) is 0 Å². The first-order valence-corrected chi connectivity index (χ1v) is 5.92. The Kier molecular flexibility index (Phi) is 3.03. The molecule has 0 radical (unpaired) electrons. The fraction of sp³-hybridized carbons (Fsp3) is 0. The molecule has 0 atom stereocenters. The van der Waals surface area contributed by atoms with Gasteiger partial charge in [-0.25, -0.2) is 8.78 Å². The molecule has 6 heteroatoms. The first-order chi connectivity index (χ1) is 10.1. The Bertz CT molecular complexity index is 880. The first-order valence-electron chi connectivity index (χ1n) is 5.92. The topological polar surface area (TPSA) is 48.8 Å². The van der Waals surface area contributed by atoms with E-state index in [1.807, 2.05) is 0 Å². The number of hydrogen-bond acceptors (Lipinski definition) is 2. The molecular formula is C15H7F3N2O. The lowest BCUT2D eigenvalue weighted by Gasteiger charge is -2.08. The lowest BCUT2D eigenvalue weighted by Crippen LogP contribution is -1.94. The van der Waals surface area contributed by atoms with E-state index in [0.717, 1.165) is 12.1 Å². The number of ether oxygens (including phenoxy) is 1. The number of aromatic amines is 1. The number of nitriles is 1. The molecule has 2 aromatic carbocycles. The van der Waals surface area contributed by atoms with Gasteiger partial charge in [-0.1, -0.05) is 0 Å². The van der Waals surface area contributed by atoms with E-state index < -0.39 is 17.5 Å². The number of H-pyrrole nitrogens is 1. The zero-order chi connectivity index (χ0) is 15.0. The summed E-state index contributed by atoms with van der Waals surface area (Å²) in [6, 6.07) is 7.90. The molecule has 0 bridgehead atoms. The maximum Gasteiger partial charge on any atom is 0.203 e. The Morgan fingerprint density at radius 3 is 2.62 bits per heavy atom. The van der Waals surface area contributed by atoms with Gasteiger partial charge in [0, 0.05) is 17.6 Å². The van der Waals surface area contributed by atoms with Crippen molar-refractivity contribution in [3.05, 3.63) is 59.5 Å². The van der Waals surface area contributed by atoms with Crippen molar-refractivity contribution in [1.29, 1.82) is 5.26 Å². The van der Waals surface area contributed by atoms with E-state index in [4.69, 9.17) is 10.00 Å². The third-order valence-electron chi connectivity index (χ3n) is 2.98. The van der Waals surface area contributed by atoms with Gasteiger partial charge in [0.05, 0.1) is 11.1 Å². The highest BCUT2D eigenvalue weighted by atomic mass is 19.2. The van der Waals surface area contributed by atoms with Gasteiger partial charge in [-0.2, -0.15) is 9.65 Å². The highest BCUT2D eigenvalue weighted by Gasteiger charge is 2.16. The summed E-state index contributed by atoms with van der Waals surface area (Å²) < 4.78 is 46.1. The molecule has 104 valence electrons. The molecule has 3 nitrogen and oxygen atoms in total. The van der Waals surface area contributed by atoms with Gasteiger partial charge in [0.2, 0.25) is 5.82 Å². The largest absolute Gasteiger partial charge is 0.454 e. The average Bonchev–Trinajstić information content (AvgIpc) is 2.94. The van der Waals surface area contributed by atoms with Gasteiger partial charge in [0.15, 0.2) is 11.6 Å². The molecule has 1 N–H and O–H groups in total. The Hall–Kier alpha value is -2.94. The Balaban J connectivity index is 2.06. The van der Waals surface area contributed by atoms with Crippen molar-refractivity contribution < 1.29 is 17.9 Å².